The fourth-order valence-corrected chi connectivity index (χ4v) is 2.48. The van der Waals surface area contributed by atoms with Crippen LogP contribution in [-0.2, 0) is 11.3 Å². The maximum absolute atomic E-state index is 12.1. The van der Waals surface area contributed by atoms with Gasteiger partial charge in [0.2, 0.25) is 0 Å². The minimum Gasteiger partial charge on any atom is -0.444 e. The van der Waals surface area contributed by atoms with Crippen molar-refractivity contribution in [3.8, 4) is 0 Å². The van der Waals surface area contributed by atoms with E-state index in [-0.39, 0.29) is 19.7 Å². The van der Waals surface area contributed by atoms with Crippen molar-refractivity contribution in [2.45, 2.75) is 39.0 Å². The fraction of sp³-hybridized carbons (Fsp3) is 0.529. The van der Waals surface area contributed by atoms with Gasteiger partial charge >= 0.3 is 6.09 Å². The van der Waals surface area contributed by atoms with E-state index in [1.807, 2.05) is 24.3 Å². The fourth-order valence-electron chi connectivity index (χ4n) is 2.48. The average molecular weight is 335 g/mol. The largest absolute Gasteiger partial charge is 0.444 e. The van der Waals surface area contributed by atoms with Gasteiger partial charge in [0, 0.05) is 12.4 Å². The van der Waals surface area contributed by atoms with Crippen LogP contribution in [0.4, 0.5) is 4.79 Å². The molecule has 7 heteroatoms. The van der Waals surface area contributed by atoms with Gasteiger partial charge in [-0.1, -0.05) is 18.2 Å². The van der Waals surface area contributed by atoms with Crippen LogP contribution in [0.3, 0.4) is 0 Å². The van der Waals surface area contributed by atoms with Crippen LogP contribution >= 0.6 is 0 Å². The molecule has 0 radical (unpaired) electrons. The second-order valence-electron chi connectivity index (χ2n) is 6.73. The van der Waals surface area contributed by atoms with Gasteiger partial charge in [0.05, 0.1) is 30.9 Å². The summed E-state index contributed by atoms with van der Waals surface area (Å²) in [6.07, 6.45) is -1.44. The van der Waals surface area contributed by atoms with Crippen molar-refractivity contribution in [3.63, 3.8) is 0 Å². The van der Waals surface area contributed by atoms with Gasteiger partial charge in [-0.15, -0.1) is 0 Å². The van der Waals surface area contributed by atoms with Crippen molar-refractivity contribution >= 4 is 17.0 Å². The van der Waals surface area contributed by atoms with Gasteiger partial charge in [-0.05, 0) is 26.8 Å². The molecule has 2 rings (SSSR count). The second-order valence-corrected chi connectivity index (χ2v) is 6.73. The smallest absolute Gasteiger partial charge is 0.410 e. The molecule has 0 aliphatic heterocycles. The molecule has 1 aromatic carbocycles. The van der Waals surface area contributed by atoms with Crippen LogP contribution in [0.15, 0.2) is 24.3 Å². The predicted molar refractivity (Wildman–Crippen MR) is 90.6 cm³/mol. The zero-order chi connectivity index (χ0) is 17.9. The highest BCUT2D eigenvalue weighted by atomic mass is 16.6. The molecule has 7 nitrogen and oxygen atoms in total. The summed E-state index contributed by atoms with van der Waals surface area (Å²) in [6, 6.07) is 7.43. The molecule has 0 spiro atoms. The minimum absolute atomic E-state index is 0.0655. The number of hydrogen-bond acceptors (Lipinski definition) is 5. The Bertz CT molecular complexity index is 705. The first-order valence-corrected chi connectivity index (χ1v) is 7.91. The summed E-state index contributed by atoms with van der Waals surface area (Å²) in [6.45, 7) is 5.62. The van der Waals surface area contributed by atoms with Gasteiger partial charge in [0.15, 0.2) is 0 Å². The van der Waals surface area contributed by atoms with Crippen LogP contribution in [-0.4, -0.2) is 56.8 Å². The number of aromatic nitrogens is 2. The Labute approximate surface area is 141 Å². The van der Waals surface area contributed by atoms with E-state index in [2.05, 4.69) is 5.10 Å². The second kappa shape index (κ2) is 7.19. The molecule has 0 fully saturated rings. The number of fused-ring (bicyclic) bond motifs is 1. The third-order valence-corrected chi connectivity index (χ3v) is 3.47. The molecule has 0 aliphatic carbocycles. The average Bonchev–Trinajstić information content (AvgIpc) is 2.83. The Hall–Kier alpha value is -2.12. The van der Waals surface area contributed by atoms with E-state index in [9.17, 15) is 15.0 Å². The SMILES string of the molecule is CN(C[C@H](O)c1c2ccccc2nn1CCO)C(=O)OC(C)(C)C. The number of aliphatic hydroxyl groups is 2. The molecule has 0 saturated carbocycles. The zero-order valence-corrected chi connectivity index (χ0v) is 14.6. The number of aliphatic hydroxyl groups excluding tert-OH is 2. The van der Waals surface area contributed by atoms with E-state index >= 15 is 0 Å². The number of amides is 1. The van der Waals surface area contributed by atoms with Crippen LogP contribution in [0.2, 0.25) is 0 Å². The Morgan fingerprint density at radius 2 is 2.04 bits per heavy atom. The zero-order valence-electron chi connectivity index (χ0n) is 14.6. The predicted octanol–water partition coefficient (Wildman–Crippen LogP) is 1.93. The monoisotopic (exact) mass is 335 g/mol. The molecule has 0 unspecified atom stereocenters. The Morgan fingerprint density at radius 3 is 2.67 bits per heavy atom. The molecular formula is C17H25N3O4. The number of likely N-dealkylation sites (N-methyl/N-ethyl adjacent to an activating group) is 1. The minimum atomic E-state index is -0.943. The van der Waals surface area contributed by atoms with Crippen LogP contribution in [0.5, 0.6) is 0 Å². The topological polar surface area (TPSA) is 87.8 Å². The van der Waals surface area contributed by atoms with Crippen molar-refractivity contribution in [2.75, 3.05) is 20.2 Å². The van der Waals surface area contributed by atoms with Crippen molar-refractivity contribution in [3.05, 3.63) is 30.0 Å². The van der Waals surface area contributed by atoms with Crippen LogP contribution in [0, 0.1) is 0 Å². The van der Waals surface area contributed by atoms with E-state index in [0.29, 0.717) is 5.69 Å². The molecular weight excluding hydrogens is 310 g/mol. The number of benzene rings is 1. The Kier molecular flexibility index (Phi) is 5.46. The third-order valence-electron chi connectivity index (χ3n) is 3.47. The highest BCUT2D eigenvalue weighted by molar-refractivity contribution is 5.82. The van der Waals surface area contributed by atoms with E-state index in [1.165, 1.54) is 4.90 Å². The molecule has 1 amide bonds. The number of hydrogen-bond donors (Lipinski definition) is 2. The lowest BCUT2D eigenvalue weighted by Gasteiger charge is -2.26. The van der Waals surface area contributed by atoms with E-state index in [4.69, 9.17) is 4.74 Å². The highest BCUT2D eigenvalue weighted by Gasteiger charge is 2.25. The lowest BCUT2D eigenvalue weighted by atomic mass is 10.1. The van der Waals surface area contributed by atoms with E-state index in [0.717, 1.165) is 10.9 Å². The maximum atomic E-state index is 12.1. The third kappa shape index (κ3) is 4.24. The van der Waals surface area contributed by atoms with Gasteiger partial charge in [0.25, 0.3) is 0 Å². The standard InChI is InChI=1S/C17H25N3O4/c1-17(2,3)24-16(23)19(4)11-14(22)15-12-7-5-6-8-13(12)18-20(15)9-10-21/h5-8,14,21-22H,9-11H2,1-4H3/t14-/m0/s1. The van der Waals surface area contributed by atoms with E-state index in [1.54, 1.807) is 32.5 Å². The molecule has 2 aromatic rings. The first kappa shape index (κ1) is 18.2. The number of nitrogens with zero attached hydrogens (tertiary/aromatic N) is 3. The summed E-state index contributed by atoms with van der Waals surface area (Å²) < 4.78 is 6.88. The molecule has 1 atom stereocenters. The van der Waals surface area contributed by atoms with Crippen molar-refractivity contribution in [1.82, 2.24) is 14.7 Å². The first-order valence-electron chi connectivity index (χ1n) is 7.91. The lowest BCUT2D eigenvalue weighted by molar-refractivity contribution is 0.0197. The summed E-state index contributed by atoms with van der Waals surface area (Å²) in [7, 11) is 1.58. The number of ether oxygens (including phenoxy) is 1. The number of rotatable bonds is 5. The molecule has 0 saturated heterocycles. The summed E-state index contributed by atoms with van der Waals surface area (Å²) in [5.41, 5.74) is 0.719. The molecule has 1 heterocycles. The van der Waals surface area contributed by atoms with E-state index < -0.39 is 17.8 Å². The first-order chi connectivity index (χ1) is 11.2. The van der Waals surface area contributed by atoms with Gasteiger partial charge in [-0.25, -0.2) is 4.79 Å². The van der Waals surface area contributed by atoms with Crippen molar-refractivity contribution < 1.29 is 19.7 Å². The normalized spacial score (nSPS) is 13.1. The van der Waals surface area contributed by atoms with Gasteiger partial charge in [0.1, 0.15) is 11.7 Å². The summed E-state index contributed by atoms with van der Waals surface area (Å²) >= 11 is 0. The van der Waals surface area contributed by atoms with Gasteiger partial charge in [-0.2, -0.15) is 5.10 Å². The number of carbonyl (C=O) groups is 1. The molecule has 0 bridgehead atoms. The quantitative estimate of drug-likeness (QED) is 0.872. The van der Waals surface area contributed by atoms with Crippen LogP contribution < -0.4 is 0 Å². The molecule has 0 aliphatic rings. The summed E-state index contributed by atoms with van der Waals surface area (Å²) in [4.78, 5) is 13.4. The summed E-state index contributed by atoms with van der Waals surface area (Å²) in [5.74, 6) is 0. The lowest BCUT2D eigenvalue weighted by Crippen LogP contribution is -2.36. The molecule has 24 heavy (non-hydrogen) atoms. The van der Waals surface area contributed by atoms with Crippen molar-refractivity contribution in [1.29, 1.82) is 0 Å². The molecule has 2 N–H and O–H groups in total. The van der Waals surface area contributed by atoms with Crippen LogP contribution in [0.1, 0.15) is 32.6 Å². The van der Waals surface area contributed by atoms with Crippen LogP contribution in [0.25, 0.3) is 10.9 Å². The van der Waals surface area contributed by atoms with Gasteiger partial charge in [-0.3, -0.25) is 4.68 Å². The van der Waals surface area contributed by atoms with Gasteiger partial charge < -0.3 is 19.8 Å². The summed E-state index contributed by atoms with van der Waals surface area (Å²) in [5, 5.41) is 25.1. The molecule has 1 aromatic heterocycles. The number of carbonyl (C=O) groups excluding carboxylic acids is 1. The maximum Gasteiger partial charge on any atom is 0.410 e. The Morgan fingerprint density at radius 1 is 1.38 bits per heavy atom. The Balaban J connectivity index is 2.22. The van der Waals surface area contributed by atoms with Crippen molar-refractivity contribution in [2.24, 2.45) is 0 Å². The molecule has 132 valence electrons. The highest BCUT2D eigenvalue weighted by Crippen LogP contribution is 2.25.